The maximum Gasteiger partial charge on any atom is 0.408 e. The van der Waals surface area contributed by atoms with Crippen LogP contribution in [0.2, 0.25) is 0 Å². The Morgan fingerprint density at radius 2 is 2.16 bits per heavy atom. The molecule has 1 aromatic rings. The number of ether oxygens (including phenoxy) is 2. The molecule has 0 radical (unpaired) electrons. The van der Waals surface area contributed by atoms with E-state index in [9.17, 15) is 18.0 Å². The molecule has 1 aliphatic rings. The van der Waals surface area contributed by atoms with Crippen LogP contribution in [0.3, 0.4) is 0 Å². The predicted molar refractivity (Wildman–Crippen MR) is 62.4 cm³/mol. The van der Waals surface area contributed by atoms with Gasteiger partial charge in [-0.2, -0.15) is 0 Å². The van der Waals surface area contributed by atoms with Gasteiger partial charge >= 0.3 is 12.0 Å². The van der Waals surface area contributed by atoms with Gasteiger partial charge in [-0.15, -0.1) is 12.4 Å². The maximum atomic E-state index is 13.6. The van der Waals surface area contributed by atoms with E-state index in [2.05, 4.69) is 4.74 Å². The van der Waals surface area contributed by atoms with Crippen molar-refractivity contribution in [2.45, 2.75) is 12.0 Å². The Labute approximate surface area is 113 Å². The minimum Gasteiger partial charge on any atom is -0.497 e. The van der Waals surface area contributed by atoms with Gasteiger partial charge in [-0.1, -0.05) is 0 Å². The van der Waals surface area contributed by atoms with E-state index in [0.717, 1.165) is 12.1 Å². The van der Waals surface area contributed by atoms with Crippen molar-refractivity contribution in [3.05, 3.63) is 29.6 Å². The number of hydrogen-bond donors (Lipinski definition) is 1. The van der Waals surface area contributed by atoms with Crippen molar-refractivity contribution in [1.29, 1.82) is 0 Å². The van der Waals surface area contributed by atoms with Crippen molar-refractivity contribution in [3.8, 4) is 5.75 Å². The van der Waals surface area contributed by atoms with Gasteiger partial charge in [0.15, 0.2) is 6.61 Å². The number of alkyl carbamates (subject to hydrolysis) is 1. The van der Waals surface area contributed by atoms with Crippen LogP contribution in [-0.2, 0) is 4.74 Å². The third-order valence-electron chi connectivity index (χ3n) is 2.59. The minimum absolute atomic E-state index is 0. The quantitative estimate of drug-likeness (QED) is 0.913. The Morgan fingerprint density at radius 1 is 1.47 bits per heavy atom. The molecule has 2 rings (SSSR count). The first-order valence-corrected chi connectivity index (χ1v) is 5.08. The van der Waals surface area contributed by atoms with Crippen LogP contribution < -0.4 is 10.1 Å². The van der Waals surface area contributed by atoms with Crippen molar-refractivity contribution >= 4 is 18.5 Å². The topological polar surface area (TPSA) is 47.6 Å². The molecule has 1 heterocycles. The molecule has 1 atom stereocenters. The number of halogens is 4. The van der Waals surface area contributed by atoms with Gasteiger partial charge in [-0.3, -0.25) is 0 Å². The zero-order valence-corrected chi connectivity index (χ0v) is 10.6. The van der Waals surface area contributed by atoms with E-state index >= 15 is 0 Å². The molecule has 106 valence electrons. The number of nitrogens with one attached hydrogen (secondary N) is 1. The van der Waals surface area contributed by atoms with E-state index in [1.807, 2.05) is 5.32 Å². The smallest absolute Gasteiger partial charge is 0.408 e. The van der Waals surface area contributed by atoms with E-state index in [4.69, 9.17) is 4.74 Å². The number of hydrogen-bond acceptors (Lipinski definition) is 3. The van der Waals surface area contributed by atoms with Crippen molar-refractivity contribution in [3.63, 3.8) is 0 Å². The lowest BCUT2D eigenvalue weighted by Crippen LogP contribution is -2.49. The summed E-state index contributed by atoms with van der Waals surface area (Å²) in [4.78, 5) is 11.0. The molecule has 0 unspecified atom stereocenters. The monoisotopic (exact) mass is 297 g/mol. The number of carbonyl (C=O) groups is 1. The van der Waals surface area contributed by atoms with E-state index in [1.165, 1.54) is 13.2 Å². The molecule has 1 aliphatic heterocycles. The van der Waals surface area contributed by atoms with Gasteiger partial charge in [-0.25, -0.2) is 18.0 Å². The number of alkyl halides is 2. The average Bonchev–Trinajstić information content (AvgIpc) is 2.33. The van der Waals surface area contributed by atoms with Crippen molar-refractivity contribution in [2.24, 2.45) is 0 Å². The lowest BCUT2D eigenvalue weighted by atomic mass is 9.99. The Bertz CT molecular complexity index is 484. The predicted octanol–water partition coefficient (Wildman–Crippen LogP) is 2.67. The van der Waals surface area contributed by atoms with Crippen LogP contribution in [0.25, 0.3) is 0 Å². The largest absolute Gasteiger partial charge is 0.497 e. The summed E-state index contributed by atoms with van der Waals surface area (Å²) in [6, 6.07) is 1.66. The first-order chi connectivity index (χ1) is 8.44. The summed E-state index contributed by atoms with van der Waals surface area (Å²) in [5, 5.41) is 1.91. The van der Waals surface area contributed by atoms with Crippen LogP contribution >= 0.6 is 12.4 Å². The summed E-state index contributed by atoms with van der Waals surface area (Å²) in [6.07, 6.45) is -1.01. The summed E-state index contributed by atoms with van der Waals surface area (Å²) >= 11 is 0. The molecule has 1 fully saturated rings. The summed E-state index contributed by atoms with van der Waals surface area (Å²) in [6.45, 7) is -1.08. The summed E-state index contributed by atoms with van der Waals surface area (Å²) < 4.78 is 49.8. The van der Waals surface area contributed by atoms with Crippen LogP contribution in [0.4, 0.5) is 18.0 Å². The van der Waals surface area contributed by atoms with Gasteiger partial charge in [0.25, 0.3) is 0 Å². The molecule has 0 bridgehead atoms. The molecular weight excluding hydrogens is 287 g/mol. The van der Waals surface area contributed by atoms with Crippen molar-refractivity contribution < 1.29 is 27.4 Å². The minimum atomic E-state index is -3.39. The Balaban J connectivity index is 0.00000180. The van der Waals surface area contributed by atoms with Crippen molar-refractivity contribution in [2.75, 3.05) is 13.7 Å². The fourth-order valence-electron chi connectivity index (χ4n) is 1.69. The fourth-order valence-corrected chi connectivity index (χ4v) is 1.69. The SMILES string of the molecule is COc1ccc(F)c([C@@H]2NC(=O)OCC2(F)F)c1.Cl. The first kappa shape index (κ1) is 15.4. The Morgan fingerprint density at radius 3 is 2.79 bits per heavy atom. The second-order valence-corrected chi connectivity index (χ2v) is 3.80. The van der Waals surface area contributed by atoms with Gasteiger partial charge in [-0.05, 0) is 18.2 Å². The molecule has 0 aromatic heterocycles. The molecular formula is C11H11ClF3NO3. The maximum absolute atomic E-state index is 13.6. The normalized spacial score (nSPS) is 20.8. The number of cyclic esters (lactones) is 1. The third kappa shape index (κ3) is 3.04. The average molecular weight is 298 g/mol. The Hall–Kier alpha value is -1.63. The summed E-state index contributed by atoms with van der Waals surface area (Å²) in [5.74, 6) is -4.01. The van der Waals surface area contributed by atoms with Crippen LogP contribution in [-0.4, -0.2) is 25.7 Å². The lowest BCUT2D eigenvalue weighted by molar-refractivity contribution is -0.105. The number of rotatable bonds is 2. The highest BCUT2D eigenvalue weighted by molar-refractivity contribution is 5.85. The van der Waals surface area contributed by atoms with E-state index in [0.29, 0.717) is 0 Å². The summed E-state index contributed by atoms with van der Waals surface area (Å²) in [5.41, 5.74) is -0.337. The second kappa shape index (κ2) is 5.56. The molecule has 0 spiro atoms. The van der Waals surface area contributed by atoms with Crippen LogP contribution in [0.15, 0.2) is 18.2 Å². The highest BCUT2D eigenvalue weighted by Crippen LogP contribution is 2.36. The van der Waals surface area contributed by atoms with Gasteiger partial charge in [0.2, 0.25) is 0 Å². The molecule has 1 saturated heterocycles. The molecule has 0 saturated carbocycles. The molecule has 4 nitrogen and oxygen atoms in total. The number of benzene rings is 1. The zero-order chi connectivity index (χ0) is 13.3. The molecule has 1 aromatic carbocycles. The number of carbonyl (C=O) groups excluding carboxylic acids is 1. The molecule has 8 heteroatoms. The molecule has 1 amide bonds. The Kier molecular flexibility index (Phi) is 4.52. The van der Waals surface area contributed by atoms with Crippen LogP contribution in [0.1, 0.15) is 11.6 Å². The van der Waals surface area contributed by atoms with E-state index in [1.54, 1.807) is 0 Å². The zero-order valence-electron chi connectivity index (χ0n) is 9.78. The fraction of sp³-hybridized carbons (Fsp3) is 0.364. The van der Waals surface area contributed by atoms with E-state index < -0.39 is 30.5 Å². The van der Waals surface area contributed by atoms with Gasteiger partial charge in [0.05, 0.1) is 7.11 Å². The van der Waals surface area contributed by atoms with Gasteiger partial charge in [0, 0.05) is 5.56 Å². The highest BCUT2D eigenvalue weighted by Gasteiger charge is 2.47. The highest BCUT2D eigenvalue weighted by atomic mass is 35.5. The first-order valence-electron chi connectivity index (χ1n) is 5.08. The third-order valence-corrected chi connectivity index (χ3v) is 2.59. The van der Waals surface area contributed by atoms with E-state index in [-0.39, 0.29) is 23.7 Å². The number of amides is 1. The van der Waals surface area contributed by atoms with Crippen LogP contribution in [0, 0.1) is 5.82 Å². The van der Waals surface area contributed by atoms with Gasteiger partial charge < -0.3 is 14.8 Å². The molecule has 19 heavy (non-hydrogen) atoms. The summed E-state index contributed by atoms with van der Waals surface area (Å²) in [7, 11) is 1.33. The number of methoxy groups -OCH3 is 1. The second-order valence-electron chi connectivity index (χ2n) is 3.80. The molecule has 0 aliphatic carbocycles. The van der Waals surface area contributed by atoms with Crippen molar-refractivity contribution in [1.82, 2.24) is 5.32 Å². The molecule has 1 N–H and O–H groups in total. The van der Waals surface area contributed by atoms with Gasteiger partial charge in [0.1, 0.15) is 17.6 Å². The lowest BCUT2D eigenvalue weighted by Gasteiger charge is -2.32. The standard InChI is InChI=1S/C11H10F3NO3.ClH/c1-17-6-2-3-8(12)7(4-6)9-11(13,14)5-18-10(16)15-9;/h2-4,9H,5H2,1H3,(H,15,16);1H/t9-;/m0./s1. The van der Waals surface area contributed by atoms with Crippen LogP contribution in [0.5, 0.6) is 5.75 Å².